The zero-order chi connectivity index (χ0) is 26.3. The van der Waals surface area contributed by atoms with Gasteiger partial charge in [-0.15, -0.1) is 0 Å². The van der Waals surface area contributed by atoms with Crippen molar-refractivity contribution in [3.8, 4) is 11.5 Å². The number of benzene rings is 3. The molecule has 3 aromatic rings. The van der Waals surface area contributed by atoms with Crippen molar-refractivity contribution in [1.29, 1.82) is 0 Å². The molecular formula is C30H31NO7. The lowest BCUT2D eigenvalue weighted by Gasteiger charge is -2.49. The van der Waals surface area contributed by atoms with E-state index in [1.807, 2.05) is 98.8 Å². The van der Waals surface area contributed by atoms with Gasteiger partial charge in [0.05, 0.1) is 13.7 Å². The van der Waals surface area contributed by atoms with Crippen LogP contribution in [-0.2, 0) is 30.3 Å². The molecule has 0 spiro atoms. The molecule has 3 aliphatic rings. The van der Waals surface area contributed by atoms with Crippen LogP contribution in [0.3, 0.4) is 0 Å². The molecule has 3 heterocycles. The minimum atomic E-state index is -0.806. The van der Waals surface area contributed by atoms with Gasteiger partial charge >= 0.3 is 0 Å². The van der Waals surface area contributed by atoms with Crippen molar-refractivity contribution in [3.05, 3.63) is 90.5 Å². The predicted octanol–water partition coefficient (Wildman–Crippen LogP) is 4.32. The Morgan fingerprint density at radius 2 is 1.53 bits per heavy atom. The second-order valence-electron chi connectivity index (χ2n) is 10.1. The molecule has 3 saturated heterocycles. The SMILES string of the molecule is COc1ccc(N2C(=O)[C@@H](Oc3ccccc3)[C@H]2[C@@H]2O[C@@H]3OC(C)(C)O[C@H]3[C@@H]2OCc2ccccc2)cc1. The van der Waals surface area contributed by atoms with Crippen LogP contribution in [0.5, 0.6) is 11.5 Å². The summed E-state index contributed by atoms with van der Waals surface area (Å²) < 4.78 is 36.8. The standard InChI is InChI=1S/C30H31NO7/c1-30(2)37-27-26(34-18-19-10-6-4-7-11-19)24(36-29(27)38-30)23-25(35-22-12-8-5-9-13-22)28(32)31(23)20-14-16-21(33-3)17-15-20/h4-17,23-27,29H,18H2,1-3H3/t23-,24+,25+,26-,27+,29-/m1/s1. The van der Waals surface area contributed by atoms with Gasteiger partial charge in [-0.3, -0.25) is 9.69 Å². The summed E-state index contributed by atoms with van der Waals surface area (Å²) in [6.07, 6.45) is -2.90. The number of ether oxygens (including phenoxy) is 6. The highest BCUT2D eigenvalue weighted by Crippen LogP contribution is 2.45. The third kappa shape index (κ3) is 4.65. The van der Waals surface area contributed by atoms with E-state index in [-0.39, 0.29) is 5.91 Å². The number of hydrogen-bond donors (Lipinski definition) is 0. The van der Waals surface area contributed by atoms with Gasteiger partial charge in [-0.1, -0.05) is 48.5 Å². The van der Waals surface area contributed by atoms with Crippen molar-refractivity contribution in [2.75, 3.05) is 12.0 Å². The summed E-state index contributed by atoms with van der Waals surface area (Å²) in [6, 6.07) is 26.2. The van der Waals surface area contributed by atoms with Crippen molar-refractivity contribution < 1.29 is 33.2 Å². The van der Waals surface area contributed by atoms with Gasteiger partial charge in [-0.2, -0.15) is 0 Å². The van der Waals surface area contributed by atoms with Crippen LogP contribution >= 0.6 is 0 Å². The van der Waals surface area contributed by atoms with Gasteiger partial charge in [0.1, 0.15) is 35.9 Å². The highest BCUT2D eigenvalue weighted by Gasteiger charge is 2.64. The Balaban J connectivity index is 1.32. The number of carbonyl (C=O) groups is 1. The summed E-state index contributed by atoms with van der Waals surface area (Å²) in [5.41, 5.74) is 1.75. The first-order chi connectivity index (χ1) is 18.4. The zero-order valence-electron chi connectivity index (χ0n) is 21.6. The zero-order valence-corrected chi connectivity index (χ0v) is 21.6. The second kappa shape index (κ2) is 10.0. The summed E-state index contributed by atoms with van der Waals surface area (Å²) in [7, 11) is 1.61. The van der Waals surface area contributed by atoms with Crippen LogP contribution in [0.15, 0.2) is 84.9 Å². The molecule has 8 nitrogen and oxygen atoms in total. The summed E-state index contributed by atoms with van der Waals surface area (Å²) in [4.78, 5) is 15.2. The van der Waals surface area contributed by atoms with Crippen molar-refractivity contribution in [2.45, 2.75) is 63.0 Å². The third-order valence-corrected chi connectivity index (χ3v) is 7.09. The van der Waals surface area contributed by atoms with Crippen LogP contribution in [0.25, 0.3) is 0 Å². The van der Waals surface area contributed by atoms with E-state index in [2.05, 4.69) is 0 Å². The summed E-state index contributed by atoms with van der Waals surface area (Å²) in [5.74, 6) is 0.349. The number of anilines is 1. The van der Waals surface area contributed by atoms with Gasteiger partial charge < -0.3 is 28.4 Å². The fourth-order valence-corrected chi connectivity index (χ4v) is 5.35. The molecule has 0 aliphatic carbocycles. The molecule has 8 heteroatoms. The Morgan fingerprint density at radius 1 is 0.842 bits per heavy atom. The summed E-state index contributed by atoms with van der Waals surface area (Å²) in [6.45, 7) is 4.08. The van der Waals surface area contributed by atoms with Gasteiger partial charge in [0, 0.05) is 5.69 Å². The molecule has 3 aliphatic heterocycles. The van der Waals surface area contributed by atoms with Crippen molar-refractivity contribution in [2.24, 2.45) is 0 Å². The first-order valence-electron chi connectivity index (χ1n) is 12.8. The van der Waals surface area contributed by atoms with E-state index in [0.717, 1.165) is 11.3 Å². The van der Waals surface area contributed by atoms with Gasteiger partial charge in [0.2, 0.25) is 6.10 Å². The molecule has 0 unspecified atom stereocenters. The molecule has 0 radical (unpaired) electrons. The van der Waals surface area contributed by atoms with Gasteiger partial charge in [-0.25, -0.2) is 0 Å². The highest BCUT2D eigenvalue weighted by molar-refractivity contribution is 6.05. The van der Waals surface area contributed by atoms with Crippen LogP contribution in [0.2, 0.25) is 0 Å². The van der Waals surface area contributed by atoms with Crippen LogP contribution < -0.4 is 14.4 Å². The average molecular weight is 518 g/mol. The Labute approximate surface area is 222 Å². The fraction of sp³-hybridized carbons (Fsp3) is 0.367. The smallest absolute Gasteiger partial charge is 0.270 e. The van der Waals surface area contributed by atoms with E-state index in [4.69, 9.17) is 28.4 Å². The molecule has 198 valence electrons. The minimum Gasteiger partial charge on any atom is -0.497 e. The number of hydrogen-bond acceptors (Lipinski definition) is 7. The average Bonchev–Trinajstić information content (AvgIpc) is 3.41. The molecule has 38 heavy (non-hydrogen) atoms. The Hall–Kier alpha value is -3.43. The lowest BCUT2D eigenvalue weighted by atomic mass is 9.88. The largest absolute Gasteiger partial charge is 0.497 e. The molecule has 0 saturated carbocycles. The number of β-lactam (4-membered cyclic amide) rings is 1. The van der Waals surface area contributed by atoms with E-state index in [1.165, 1.54) is 0 Å². The number of nitrogens with zero attached hydrogens (tertiary/aromatic N) is 1. The second-order valence-corrected chi connectivity index (χ2v) is 10.1. The summed E-state index contributed by atoms with van der Waals surface area (Å²) >= 11 is 0. The van der Waals surface area contributed by atoms with Crippen LogP contribution in [0.1, 0.15) is 19.4 Å². The van der Waals surface area contributed by atoms with E-state index in [9.17, 15) is 4.79 Å². The van der Waals surface area contributed by atoms with Gasteiger partial charge in [0.15, 0.2) is 12.1 Å². The van der Waals surface area contributed by atoms with Crippen molar-refractivity contribution in [3.63, 3.8) is 0 Å². The van der Waals surface area contributed by atoms with Crippen LogP contribution in [0.4, 0.5) is 5.69 Å². The van der Waals surface area contributed by atoms with E-state index in [1.54, 1.807) is 12.0 Å². The number of para-hydroxylation sites is 1. The fourth-order valence-electron chi connectivity index (χ4n) is 5.35. The molecule has 0 bridgehead atoms. The van der Waals surface area contributed by atoms with E-state index in [0.29, 0.717) is 18.1 Å². The molecule has 0 aromatic heterocycles. The molecule has 3 aromatic carbocycles. The molecular weight excluding hydrogens is 486 g/mol. The molecule has 3 fully saturated rings. The number of amides is 1. The molecule has 1 amide bonds. The van der Waals surface area contributed by atoms with Gasteiger partial charge in [-0.05, 0) is 55.8 Å². The lowest BCUT2D eigenvalue weighted by molar-refractivity contribution is -0.226. The van der Waals surface area contributed by atoms with Crippen LogP contribution in [0, 0.1) is 0 Å². The lowest BCUT2D eigenvalue weighted by Crippen LogP contribution is -2.73. The maximum atomic E-state index is 13.5. The van der Waals surface area contributed by atoms with Crippen molar-refractivity contribution in [1.82, 2.24) is 0 Å². The highest BCUT2D eigenvalue weighted by atomic mass is 16.8. The van der Waals surface area contributed by atoms with Gasteiger partial charge in [0.25, 0.3) is 5.91 Å². The molecule has 0 N–H and O–H groups in total. The number of carbonyl (C=O) groups excluding carboxylic acids is 1. The minimum absolute atomic E-state index is 0.159. The van der Waals surface area contributed by atoms with E-state index >= 15 is 0 Å². The third-order valence-electron chi connectivity index (χ3n) is 7.09. The topological polar surface area (TPSA) is 75.7 Å². The number of rotatable bonds is 8. The Morgan fingerprint density at radius 3 is 2.21 bits per heavy atom. The van der Waals surface area contributed by atoms with E-state index < -0.39 is 42.5 Å². The van der Waals surface area contributed by atoms with Crippen LogP contribution in [-0.4, -0.2) is 55.6 Å². The first-order valence-corrected chi connectivity index (χ1v) is 12.8. The maximum Gasteiger partial charge on any atom is 0.270 e. The quantitative estimate of drug-likeness (QED) is 0.412. The normalized spacial score (nSPS) is 29.6. The molecule has 6 rings (SSSR count). The van der Waals surface area contributed by atoms with Crippen molar-refractivity contribution >= 4 is 11.6 Å². The Bertz CT molecular complexity index is 1250. The summed E-state index contributed by atoms with van der Waals surface area (Å²) in [5, 5.41) is 0. The Kier molecular flexibility index (Phi) is 6.57. The number of methoxy groups -OCH3 is 1. The maximum absolute atomic E-state index is 13.5. The number of fused-ring (bicyclic) bond motifs is 1. The monoisotopic (exact) mass is 517 g/mol. The molecule has 6 atom stereocenters. The predicted molar refractivity (Wildman–Crippen MR) is 139 cm³/mol. The first kappa shape index (κ1) is 24.9.